The molecular formula is C14H24ClNO. The van der Waals surface area contributed by atoms with E-state index < -0.39 is 5.38 Å². The molecule has 0 heterocycles. The summed E-state index contributed by atoms with van der Waals surface area (Å²) in [4.78, 5) is 11.9. The van der Waals surface area contributed by atoms with Gasteiger partial charge in [0.15, 0.2) is 0 Å². The van der Waals surface area contributed by atoms with Gasteiger partial charge in [-0.1, -0.05) is 26.2 Å². The van der Waals surface area contributed by atoms with Gasteiger partial charge in [-0.15, -0.1) is 11.6 Å². The van der Waals surface area contributed by atoms with Gasteiger partial charge in [0.05, 0.1) is 0 Å². The Hall–Kier alpha value is -0.240. The third-order valence-electron chi connectivity index (χ3n) is 4.62. The summed E-state index contributed by atoms with van der Waals surface area (Å²) in [7, 11) is 0. The van der Waals surface area contributed by atoms with Crippen molar-refractivity contribution < 1.29 is 4.79 Å². The molecule has 2 aliphatic rings. The van der Waals surface area contributed by atoms with Gasteiger partial charge in [-0.2, -0.15) is 0 Å². The molecule has 2 saturated carbocycles. The van der Waals surface area contributed by atoms with Crippen molar-refractivity contribution in [3.63, 3.8) is 0 Å². The molecule has 0 radical (unpaired) electrons. The number of alkyl halides is 1. The molecule has 1 amide bonds. The molecule has 3 heteroatoms. The predicted molar refractivity (Wildman–Crippen MR) is 71.2 cm³/mol. The Morgan fingerprint density at radius 2 is 2.29 bits per heavy atom. The second-order valence-corrected chi connectivity index (χ2v) is 6.72. The Morgan fingerprint density at radius 1 is 1.53 bits per heavy atom. The molecule has 0 aromatic carbocycles. The number of carbonyl (C=O) groups is 1. The van der Waals surface area contributed by atoms with E-state index >= 15 is 0 Å². The molecule has 0 saturated heterocycles. The topological polar surface area (TPSA) is 29.1 Å². The minimum atomic E-state index is -0.410. The summed E-state index contributed by atoms with van der Waals surface area (Å²) >= 11 is 5.88. The van der Waals surface area contributed by atoms with Crippen molar-refractivity contribution in [3.8, 4) is 0 Å². The third kappa shape index (κ3) is 2.96. The van der Waals surface area contributed by atoms with Crippen molar-refractivity contribution >= 4 is 17.5 Å². The molecule has 2 aliphatic carbocycles. The molecule has 2 nitrogen and oxygen atoms in total. The van der Waals surface area contributed by atoms with Crippen molar-refractivity contribution in [2.45, 2.75) is 69.7 Å². The molecule has 1 N–H and O–H groups in total. The minimum Gasteiger partial charge on any atom is -0.349 e. The van der Waals surface area contributed by atoms with E-state index in [-0.39, 0.29) is 11.4 Å². The Kier molecular flexibility index (Phi) is 4.02. The van der Waals surface area contributed by atoms with E-state index in [1.807, 2.05) is 0 Å². The molecule has 4 atom stereocenters. The molecule has 0 unspecified atom stereocenters. The SMILES string of the molecule is CC[C@@H]1C[C@H]2CCC[C@@](NC(=O)[C@H](C)Cl)(C1)C2. The molecular weight excluding hydrogens is 234 g/mol. The fourth-order valence-corrected chi connectivity index (χ4v) is 3.87. The van der Waals surface area contributed by atoms with E-state index in [2.05, 4.69) is 12.2 Å². The Morgan fingerprint density at radius 3 is 2.94 bits per heavy atom. The lowest BCUT2D eigenvalue weighted by Crippen LogP contribution is -2.56. The van der Waals surface area contributed by atoms with Gasteiger partial charge in [0, 0.05) is 5.54 Å². The number of hydrogen-bond donors (Lipinski definition) is 1. The average Bonchev–Trinajstić information content (AvgIpc) is 2.27. The van der Waals surface area contributed by atoms with Gasteiger partial charge in [0.1, 0.15) is 5.38 Å². The monoisotopic (exact) mass is 257 g/mol. The fourth-order valence-electron chi connectivity index (χ4n) is 3.82. The van der Waals surface area contributed by atoms with Crippen LogP contribution in [0, 0.1) is 11.8 Å². The first kappa shape index (κ1) is 13.2. The van der Waals surface area contributed by atoms with Crippen molar-refractivity contribution in [1.82, 2.24) is 5.32 Å². The Balaban J connectivity index is 2.07. The van der Waals surface area contributed by atoms with Crippen LogP contribution in [0.5, 0.6) is 0 Å². The van der Waals surface area contributed by atoms with Crippen molar-refractivity contribution in [2.24, 2.45) is 11.8 Å². The summed E-state index contributed by atoms with van der Waals surface area (Å²) in [5.41, 5.74) is 0.0715. The van der Waals surface area contributed by atoms with Gasteiger partial charge in [-0.05, 0) is 44.4 Å². The number of rotatable bonds is 3. The highest BCUT2D eigenvalue weighted by Gasteiger charge is 2.43. The van der Waals surface area contributed by atoms with Gasteiger partial charge in [0.2, 0.25) is 5.91 Å². The largest absolute Gasteiger partial charge is 0.349 e. The summed E-state index contributed by atoms with van der Waals surface area (Å²) in [6.07, 6.45) is 8.71. The van der Waals surface area contributed by atoms with Gasteiger partial charge in [-0.3, -0.25) is 4.79 Å². The quantitative estimate of drug-likeness (QED) is 0.771. The zero-order valence-electron chi connectivity index (χ0n) is 11.0. The lowest BCUT2D eigenvalue weighted by molar-refractivity contribution is -0.124. The number of hydrogen-bond acceptors (Lipinski definition) is 1. The van der Waals surface area contributed by atoms with E-state index in [0.717, 1.165) is 24.7 Å². The van der Waals surface area contributed by atoms with E-state index in [1.165, 1.54) is 32.1 Å². The first-order chi connectivity index (χ1) is 8.04. The summed E-state index contributed by atoms with van der Waals surface area (Å²) in [6, 6.07) is 0. The van der Waals surface area contributed by atoms with Crippen molar-refractivity contribution in [1.29, 1.82) is 0 Å². The van der Waals surface area contributed by atoms with Gasteiger partial charge in [0.25, 0.3) is 0 Å². The minimum absolute atomic E-state index is 0.0177. The normalized spacial score (nSPS) is 38.5. The molecule has 0 spiro atoms. The molecule has 0 aromatic rings. The molecule has 2 rings (SSSR count). The maximum Gasteiger partial charge on any atom is 0.238 e. The maximum absolute atomic E-state index is 11.9. The molecule has 0 aliphatic heterocycles. The van der Waals surface area contributed by atoms with E-state index in [9.17, 15) is 4.79 Å². The van der Waals surface area contributed by atoms with Crippen LogP contribution in [-0.2, 0) is 4.79 Å². The van der Waals surface area contributed by atoms with Gasteiger partial charge >= 0.3 is 0 Å². The maximum atomic E-state index is 11.9. The van der Waals surface area contributed by atoms with E-state index in [4.69, 9.17) is 11.6 Å². The van der Waals surface area contributed by atoms with Crippen LogP contribution >= 0.6 is 11.6 Å². The van der Waals surface area contributed by atoms with Crippen LogP contribution in [0.25, 0.3) is 0 Å². The second kappa shape index (κ2) is 5.17. The number of carbonyl (C=O) groups excluding carboxylic acids is 1. The molecule has 98 valence electrons. The van der Waals surface area contributed by atoms with E-state index in [0.29, 0.717) is 0 Å². The highest BCUT2D eigenvalue weighted by Crippen LogP contribution is 2.46. The Bertz CT molecular complexity index is 292. The Labute approximate surface area is 109 Å². The predicted octanol–water partition coefficient (Wildman–Crippen LogP) is 3.48. The van der Waals surface area contributed by atoms with Gasteiger partial charge < -0.3 is 5.32 Å². The standard InChI is InChI=1S/C14H24ClNO/c1-3-11-7-12-5-4-6-14(8-11,9-12)16-13(17)10(2)15/h10-12H,3-9H2,1-2H3,(H,16,17)/t10-,11+,12+,14+/m0/s1. The van der Waals surface area contributed by atoms with Crippen LogP contribution in [-0.4, -0.2) is 16.8 Å². The smallest absolute Gasteiger partial charge is 0.238 e. The van der Waals surface area contributed by atoms with Gasteiger partial charge in [-0.25, -0.2) is 0 Å². The number of halogens is 1. The second-order valence-electron chi connectivity index (χ2n) is 6.06. The highest BCUT2D eigenvalue weighted by molar-refractivity contribution is 6.30. The highest BCUT2D eigenvalue weighted by atomic mass is 35.5. The summed E-state index contributed by atoms with van der Waals surface area (Å²) in [6.45, 7) is 4.03. The summed E-state index contributed by atoms with van der Waals surface area (Å²) in [5.74, 6) is 1.64. The lowest BCUT2D eigenvalue weighted by Gasteiger charge is -2.49. The van der Waals surface area contributed by atoms with Crippen molar-refractivity contribution in [2.75, 3.05) is 0 Å². The summed E-state index contributed by atoms with van der Waals surface area (Å²) < 4.78 is 0. The molecule has 0 aromatic heterocycles. The van der Waals surface area contributed by atoms with Crippen LogP contribution in [0.1, 0.15) is 58.8 Å². The first-order valence-electron chi connectivity index (χ1n) is 7.01. The van der Waals surface area contributed by atoms with Crippen LogP contribution in [0.2, 0.25) is 0 Å². The fraction of sp³-hybridized carbons (Fsp3) is 0.929. The van der Waals surface area contributed by atoms with Crippen LogP contribution < -0.4 is 5.32 Å². The first-order valence-corrected chi connectivity index (χ1v) is 7.44. The number of fused-ring (bicyclic) bond motifs is 2. The van der Waals surface area contributed by atoms with Crippen LogP contribution in [0.15, 0.2) is 0 Å². The van der Waals surface area contributed by atoms with Crippen molar-refractivity contribution in [3.05, 3.63) is 0 Å². The zero-order chi connectivity index (χ0) is 12.5. The number of amides is 1. The zero-order valence-corrected chi connectivity index (χ0v) is 11.7. The average molecular weight is 258 g/mol. The van der Waals surface area contributed by atoms with E-state index in [1.54, 1.807) is 6.92 Å². The summed E-state index contributed by atoms with van der Waals surface area (Å²) in [5, 5.41) is 2.85. The molecule has 2 bridgehead atoms. The van der Waals surface area contributed by atoms with Crippen LogP contribution in [0.4, 0.5) is 0 Å². The molecule has 2 fully saturated rings. The molecule has 17 heavy (non-hydrogen) atoms. The van der Waals surface area contributed by atoms with Crippen LogP contribution in [0.3, 0.4) is 0 Å². The third-order valence-corrected chi connectivity index (χ3v) is 4.82. The number of nitrogens with one attached hydrogen (secondary N) is 1. The lowest BCUT2D eigenvalue weighted by atomic mass is 9.63.